The third kappa shape index (κ3) is 3.23. The van der Waals surface area contributed by atoms with Crippen LogP contribution in [0.2, 0.25) is 0 Å². The van der Waals surface area contributed by atoms with E-state index in [-0.39, 0.29) is 6.10 Å². The van der Waals surface area contributed by atoms with E-state index in [1.54, 1.807) is 0 Å². The summed E-state index contributed by atoms with van der Waals surface area (Å²) in [6.07, 6.45) is 4.93. The van der Waals surface area contributed by atoms with Gasteiger partial charge in [-0.05, 0) is 43.6 Å². The largest absolute Gasteiger partial charge is 0.393 e. The highest BCUT2D eigenvalue weighted by Crippen LogP contribution is 2.35. The Kier molecular flexibility index (Phi) is 4.48. The maximum atomic E-state index is 10.3. The summed E-state index contributed by atoms with van der Waals surface area (Å²) >= 11 is 0. The van der Waals surface area contributed by atoms with Crippen molar-refractivity contribution in [1.29, 1.82) is 0 Å². The van der Waals surface area contributed by atoms with Crippen LogP contribution in [0, 0.1) is 23.7 Å². The minimum absolute atomic E-state index is 0.0607. The molecule has 5 unspecified atom stereocenters. The van der Waals surface area contributed by atoms with Crippen molar-refractivity contribution < 1.29 is 5.11 Å². The standard InChI is InChI=1S/C15H29NO/c1-4-13-5-6-16(9-13)10-14-12(3)7-11(2)8-15(14)17/h11-15,17H,4-10H2,1-3H3. The van der Waals surface area contributed by atoms with Crippen LogP contribution in [0.4, 0.5) is 0 Å². The minimum atomic E-state index is -0.0607. The summed E-state index contributed by atoms with van der Waals surface area (Å²) in [6.45, 7) is 10.6. The SMILES string of the molecule is CCC1CCN(CC2C(C)CC(C)CC2O)C1. The molecule has 0 spiro atoms. The molecule has 2 rings (SSSR count). The predicted molar refractivity (Wildman–Crippen MR) is 71.9 cm³/mol. The molecule has 2 heteroatoms. The number of hydrogen-bond acceptors (Lipinski definition) is 2. The van der Waals surface area contributed by atoms with Gasteiger partial charge in [0.05, 0.1) is 6.10 Å². The van der Waals surface area contributed by atoms with Crippen molar-refractivity contribution in [2.45, 2.75) is 52.6 Å². The second kappa shape index (κ2) is 5.71. The van der Waals surface area contributed by atoms with Crippen LogP contribution in [0.3, 0.4) is 0 Å². The van der Waals surface area contributed by atoms with Gasteiger partial charge < -0.3 is 10.0 Å². The van der Waals surface area contributed by atoms with Gasteiger partial charge in [0.1, 0.15) is 0 Å². The Balaban J connectivity index is 1.85. The summed E-state index contributed by atoms with van der Waals surface area (Å²) in [6, 6.07) is 0. The molecule has 1 N–H and O–H groups in total. The monoisotopic (exact) mass is 239 g/mol. The van der Waals surface area contributed by atoms with Gasteiger partial charge in [0.15, 0.2) is 0 Å². The number of likely N-dealkylation sites (tertiary alicyclic amines) is 1. The average Bonchev–Trinajstić information content (AvgIpc) is 2.71. The number of nitrogens with zero attached hydrogens (tertiary/aromatic N) is 1. The number of aliphatic hydroxyl groups is 1. The average molecular weight is 239 g/mol. The molecular weight excluding hydrogens is 210 g/mol. The summed E-state index contributed by atoms with van der Waals surface area (Å²) in [5.74, 6) is 2.82. The molecule has 0 aromatic heterocycles. The quantitative estimate of drug-likeness (QED) is 0.818. The molecule has 1 aliphatic carbocycles. The van der Waals surface area contributed by atoms with Crippen molar-refractivity contribution in [3.8, 4) is 0 Å². The lowest BCUT2D eigenvalue weighted by molar-refractivity contribution is 0.000814. The number of aliphatic hydroxyl groups excluding tert-OH is 1. The van der Waals surface area contributed by atoms with Crippen molar-refractivity contribution in [2.75, 3.05) is 19.6 Å². The molecule has 2 fully saturated rings. The fourth-order valence-corrected chi connectivity index (χ4v) is 3.88. The molecule has 0 radical (unpaired) electrons. The van der Waals surface area contributed by atoms with Crippen molar-refractivity contribution in [3.05, 3.63) is 0 Å². The highest BCUT2D eigenvalue weighted by molar-refractivity contribution is 4.86. The second-order valence-electron chi connectivity index (χ2n) is 6.61. The molecule has 100 valence electrons. The van der Waals surface area contributed by atoms with Gasteiger partial charge in [0.2, 0.25) is 0 Å². The minimum Gasteiger partial charge on any atom is -0.393 e. The van der Waals surface area contributed by atoms with Crippen LogP contribution in [0.1, 0.15) is 46.5 Å². The lowest BCUT2D eigenvalue weighted by Crippen LogP contribution is -2.42. The van der Waals surface area contributed by atoms with Gasteiger partial charge in [-0.15, -0.1) is 0 Å². The topological polar surface area (TPSA) is 23.5 Å². The normalized spacial score (nSPS) is 44.1. The molecule has 17 heavy (non-hydrogen) atoms. The molecule has 1 aliphatic heterocycles. The third-order valence-corrected chi connectivity index (χ3v) is 5.06. The van der Waals surface area contributed by atoms with E-state index in [9.17, 15) is 5.11 Å². The molecule has 0 bridgehead atoms. The van der Waals surface area contributed by atoms with Crippen LogP contribution in [-0.2, 0) is 0 Å². The van der Waals surface area contributed by atoms with Crippen LogP contribution in [0.25, 0.3) is 0 Å². The number of rotatable bonds is 3. The van der Waals surface area contributed by atoms with E-state index in [2.05, 4.69) is 25.7 Å². The van der Waals surface area contributed by atoms with Gasteiger partial charge >= 0.3 is 0 Å². The van der Waals surface area contributed by atoms with E-state index in [0.29, 0.717) is 17.8 Å². The van der Waals surface area contributed by atoms with E-state index in [0.717, 1.165) is 18.9 Å². The fourth-order valence-electron chi connectivity index (χ4n) is 3.88. The molecule has 0 amide bonds. The first-order chi connectivity index (χ1) is 8.10. The fraction of sp³-hybridized carbons (Fsp3) is 1.00. The Bertz CT molecular complexity index is 231. The van der Waals surface area contributed by atoms with Crippen LogP contribution >= 0.6 is 0 Å². The molecular formula is C15H29NO. The maximum absolute atomic E-state index is 10.3. The van der Waals surface area contributed by atoms with Crippen molar-refractivity contribution in [1.82, 2.24) is 4.90 Å². The summed E-state index contributed by atoms with van der Waals surface area (Å²) < 4.78 is 0. The zero-order valence-electron chi connectivity index (χ0n) is 11.7. The van der Waals surface area contributed by atoms with Gasteiger partial charge in [-0.1, -0.05) is 27.2 Å². The molecule has 1 saturated carbocycles. The van der Waals surface area contributed by atoms with Crippen molar-refractivity contribution in [2.24, 2.45) is 23.7 Å². The molecule has 2 aliphatic rings. The summed E-state index contributed by atoms with van der Waals surface area (Å²) in [5, 5.41) is 10.3. The summed E-state index contributed by atoms with van der Waals surface area (Å²) in [7, 11) is 0. The lowest BCUT2D eigenvalue weighted by Gasteiger charge is -2.39. The third-order valence-electron chi connectivity index (χ3n) is 5.06. The zero-order chi connectivity index (χ0) is 12.4. The van der Waals surface area contributed by atoms with Crippen LogP contribution < -0.4 is 0 Å². The molecule has 2 nitrogen and oxygen atoms in total. The van der Waals surface area contributed by atoms with Gasteiger partial charge in [-0.25, -0.2) is 0 Å². The van der Waals surface area contributed by atoms with E-state index in [4.69, 9.17) is 0 Å². The van der Waals surface area contributed by atoms with E-state index in [1.807, 2.05) is 0 Å². The first-order valence-electron chi connectivity index (χ1n) is 7.50. The van der Waals surface area contributed by atoms with Gasteiger partial charge in [-0.3, -0.25) is 0 Å². The first-order valence-corrected chi connectivity index (χ1v) is 7.50. The maximum Gasteiger partial charge on any atom is 0.0585 e. The van der Waals surface area contributed by atoms with Gasteiger partial charge in [0.25, 0.3) is 0 Å². The summed E-state index contributed by atoms with van der Waals surface area (Å²) in [4.78, 5) is 2.59. The summed E-state index contributed by atoms with van der Waals surface area (Å²) in [5.41, 5.74) is 0. The lowest BCUT2D eigenvalue weighted by atomic mass is 9.73. The molecule has 0 aromatic carbocycles. The Morgan fingerprint density at radius 1 is 1.24 bits per heavy atom. The molecule has 5 atom stereocenters. The molecule has 0 aromatic rings. The van der Waals surface area contributed by atoms with Gasteiger partial charge in [-0.2, -0.15) is 0 Å². The van der Waals surface area contributed by atoms with E-state index >= 15 is 0 Å². The van der Waals surface area contributed by atoms with Gasteiger partial charge in [0, 0.05) is 19.0 Å². The zero-order valence-corrected chi connectivity index (χ0v) is 11.7. The molecule has 1 heterocycles. The molecule has 1 saturated heterocycles. The Morgan fingerprint density at radius 2 is 2.00 bits per heavy atom. The first kappa shape index (κ1) is 13.4. The van der Waals surface area contributed by atoms with Crippen LogP contribution in [0.15, 0.2) is 0 Å². The number of hydrogen-bond donors (Lipinski definition) is 1. The smallest absolute Gasteiger partial charge is 0.0585 e. The second-order valence-corrected chi connectivity index (χ2v) is 6.61. The van der Waals surface area contributed by atoms with E-state index < -0.39 is 0 Å². The Hall–Kier alpha value is -0.0800. The predicted octanol–water partition coefficient (Wildman–Crippen LogP) is 2.76. The Labute approximate surface area is 106 Å². The van der Waals surface area contributed by atoms with Crippen molar-refractivity contribution in [3.63, 3.8) is 0 Å². The van der Waals surface area contributed by atoms with Crippen LogP contribution in [0.5, 0.6) is 0 Å². The highest BCUT2D eigenvalue weighted by Gasteiger charge is 2.35. The Morgan fingerprint density at radius 3 is 2.59 bits per heavy atom. The van der Waals surface area contributed by atoms with Crippen LogP contribution in [-0.4, -0.2) is 35.7 Å². The van der Waals surface area contributed by atoms with Crippen molar-refractivity contribution >= 4 is 0 Å². The highest BCUT2D eigenvalue weighted by atomic mass is 16.3. The van der Waals surface area contributed by atoms with E-state index in [1.165, 1.54) is 32.4 Å².